The largest absolute Gasteiger partial charge is 0.302 e. The number of hydrogen-bond donors (Lipinski definition) is 1. The van der Waals surface area contributed by atoms with Crippen molar-refractivity contribution in [3.05, 3.63) is 36.5 Å². The molecular weight excluding hydrogens is 258 g/mol. The number of fused-ring (bicyclic) bond motifs is 1. The summed E-state index contributed by atoms with van der Waals surface area (Å²) >= 11 is 0. The molecule has 0 spiro atoms. The van der Waals surface area contributed by atoms with Crippen LogP contribution in [0, 0.1) is 0 Å². The second-order valence-corrected chi connectivity index (χ2v) is 4.53. The maximum atomic E-state index is 12.0. The van der Waals surface area contributed by atoms with Crippen molar-refractivity contribution in [3.63, 3.8) is 0 Å². The van der Waals surface area contributed by atoms with Crippen molar-refractivity contribution < 1.29 is 4.79 Å². The highest BCUT2D eigenvalue weighted by molar-refractivity contribution is 6.01. The highest BCUT2D eigenvalue weighted by Crippen LogP contribution is 2.09. The van der Waals surface area contributed by atoms with E-state index < -0.39 is 5.91 Å². The van der Waals surface area contributed by atoms with Gasteiger partial charge in [-0.3, -0.25) is 9.48 Å². The van der Waals surface area contributed by atoms with Gasteiger partial charge in [0, 0.05) is 30.7 Å². The fourth-order valence-electron chi connectivity index (χ4n) is 1.69. The van der Waals surface area contributed by atoms with Gasteiger partial charge in [0.2, 0.25) is 5.82 Å². The number of rotatable bonds is 3. The van der Waals surface area contributed by atoms with Crippen molar-refractivity contribution in [2.75, 3.05) is 5.32 Å². The van der Waals surface area contributed by atoms with Crippen LogP contribution in [0.2, 0.25) is 0 Å². The van der Waals surface area contributed by atoms with Gasteiger partial charge >= 0.3 is 0 Å². The predicted molar refractivity (Wildman–Crippen MR) is 71.3 cm³/mol. The molecule has 0 aliphatic heterocycles. The highest BCUT2D eigenvalue weighted by Gasteiger charge is 2.14. The molecular formula is C12H13N7O. The van der Waals surface area contributed by atoms with Crippen LogP contribution in [0.5, 0.6) is 0 Å². The molecule has 8 heteroatoms. The molecule has 3 heterocycles. The first-order chi connectivity index (χ1) is 9.63. The Morgan fingerprint density at radius 3 is 2.85 bits per heavy atom. The van der Waals surface area contributed by atoms with E-state index in [-0.39, 0.29) is 11.9 Å². The van der Waals surface area contributed by atoms with Crippen LogP contribution < -0.4 is 5.32 Å². The minimum atomic E-state index is -0.412. The van der Waals surface area contributed by atoms with Gasteiger partial charge in [-0.15, -0.1) is 5.10 Å². The van der Waals surface area contributed by atoms with Crippen molar-refractivity contribution in [3.8, 4) is 0 Å². The summed E-state index contributed by atoms with van der Waals surface area (Å²) in [5.74, 6) is 0.494. The Hall–Kier alpha value is -2.77. The van der Waals surface area contributed by atoms with Crippen LogP contribution in [0.25, 0.3) is 5.78 Å². The molecule has 0 aliphatic rings. The number of aromatic nitrogens is 6. The zero-order chi connectivity index (χ0) is 14.1. The Kier molecular flexibility index (Phi) is 2.90. The van der Waals surface area contributed by atoms with E-state index >= 15 is 0 Å². The van der Waals surface area contributed by atoms with Crippen LogP contribution in [0.1, 0.15) is 30.5 Å². The van der Waals surface area contributed by atoms with Crippen LogP contribution in [0.15, 0.2) is 30.7 Å². The van der Waals surface area contributed by atoms with Crippen LogP contribution in [0.4, 0.5) is 5.82 Å². The number of carbonyl (C=O) groups is 1. The Labute approximate surface area is 114 Å². The first kappa shape index (κ1) is 12.3. The van der Waals surface area contributed by atoms with Gasteiger partial charge in [0.05, 0.1) is 0 Å². The molecule has 8 nitrogen and oxygen atoms in total. The van der Waals surface area contributed by atoms with Crippen LogP contribution in [-0.2, 0) is 0 Å². The van der Waals surface area contributed by atoms with E-state index in [1.54, 1.807) is 35.4 Å². The lowest BCUT2D eigenvalue weighted by Gasteiger charge is -2.03. The maximum Gasteiger partial charge on any atom is 0.296 e. The van der Waals surface area contributed by atoms with Crippen molar-refractivity contribution in [2.45, 2.75) is 19.9 Å². The number of hydrogen-bond acceptors (Lipinski definition) is 5. The van der Waals surface area contributed by atoms with Gasteiger partial charge in [-0.05, 0) is 19.9 Å². The summed E-state index contributed by atoms with van der Waals surface area (Å²) in [6.45, 7) is 4.02. The third-order valence-electron chi connectivity index (χ3n) is 2.70. The van der Waals surface area contributed by atoms with E-state index in [0.29, 0.717) is 11.6 Å². The van der Waals surface area contributed by atoms with Crippen molar-refractivity contribution in [1.29, 1.82) is 0 Å². The lowest BCUT2D eigenvalue weighted by molar-refractivity contribution is 0.101. The average molecular weight is 271 g/mol. The van der Waals surface area contributed by atoms with E-state index in [1.165, 1.54) is 4.52 Å². The van der Waals surface area contributed by atoms with Gasteiger partial charge < -0.3 is 5.32 Å². The first-order valence-electron chi connectivity index (χ1n) is 6.17. The summed E-state index contributed by atoms with van der Waals surface area (Å²) in [4.78, 5) is 20.1. The fraction of sp³-hybridized carbons (Fsp3) is 0.250. The molecule has 0 saturated heterocycles. The molecule has 0 atom stereocenters. The van der Waals surface area contributed by atoms with Gasteiger partial charge in [0.1, 0.15) is 0 Å². The summed E-state index contributed by atoms with van der Waals surface area (Å²) in [7, 11) is 0. The predicted octanol–water partition coefficient (Wildman–Crippen LogP) is 1.15. The molecule has 102 valence electrons. The maximum absolute atomic E-state index is 12.0. The smallest absolute Gasteiger partial charge is 0.296 e. The minimum Gasteiger partial charge on any atom is -0.302 e. The monoisotopic (exact) mass is 271 g/mol. The van der Waals surface area contributed by atoms with Crippen LogP contribution >= 0.6 is 0 Å². The number of anilines is 1. The van der Waals surface area contributed by atoms with Crippen molar-refractivity contribution in [1.82, 2.24) is 29.4 Å². The molecule has 1 N–H and O–H groups in total. The second-order valence-electron chi connectivity index (χ2n) is 4.53. The molecule has 0 aromatic carbocycles. The van der Waals surface area contributed by atoms with Gasteiger partial charge in [-0.25, -0.2) is 9.50 Å². The van der Waals surface area contributed by atoms with E-state index in [1.807, 2.05) is 13.8 Å². The number of nitrogens with one attached hydrogen (secondary N) is 1. The first-order valence-corrected chi connectivity index (χ1v) is 6.17. The van der Waals surface area contributed by atoms with Crippen molar-refractivity contribution >= 4 is 17.5 Å². The zero-order valence-electron chi connectivity index (χ0n) is 11.1. The van der Waals surface area contributed by atoms with Gasteiger partial charge in [0.15, 0.2) is 5.82 Å². The lowest BCUT2D eigenvalue weighted by atomic mass is 10.4. The zero-order valence-corrected chi connectivity index (χ0v) is 11.1. The molecule has 3 aromatic heterocycles. The molecule has 3 rings (SSSR count). The van der Waals surface area contributed by atoms with Crippen molar-refractivity contribution in [2.24, 2.45) is 0 Å². The molecule has 0 saturated carbocycles. The van der Waals surface area contributed by atoms with E-state index in [2.05, 4.69) is 25.5 Å². The molecule has 0 aliphatic carbocycles. The normalized spacial score (nSPS) is 11.2. The fourth-order valence-corrected chi connectivity index (χ4v) is 1.69. The number of amides is 1. The lowest BCUT2D eigenvalue weighted by Crippen LogP contribution is -2.15. The molecule has 3 aromatic rings. The Morgan fingerprint density at radius 2 is 2.15 bits per heavy atom. The van der Waals surface area contributed by atoms with Gasteiger partial charge in [-0.2, -0.15) is 10.1 Å². The van der Waals surface area contributed by atoms with Crippen LogP contribution in [0.3, 0.4) is 0 Å². The summed E-state index contributed by atoms with van der Waals surface area (Å²) in [5.41, 5.74) is 0. The third kappa shape index (κ3) is 2.22. The highest BCUT2D eigenvalue weighted by atomic mass is 16.2. The van der Waals surface area contributed by atoms with Crippen LogP contribution in [-0.4, -0.2) is 35.3 Å². The van der Waals surface area contributed by atoms with Gasteiger partial charge in [0.25, 0.3) is 11.7 Å². The number of nitrogens with zero attached hydrogens (tertiary/aromatic N) is 6. The molecule has 0 unspecified atom stereocenters. The SMILES string of the molecule is CC(C)n1ccc(NC(=O)c2nc3ncccn3n2)n1. The summed E-state index contributed by atoms with van der Waals surface area (Å²) in [6.07, 6.45) is 5.08. The quantitative estimate of drug-likeness (QED) is 0.771. The molecule has 0 fully saturated rings. The van der Waals surface area contributed by atoms with E-state index in [4.69, 9.17) is 0 Å². The topological polar surface area (TPSA) is 90.0 Å². The molecule has 0 radical (unpaired) electrons. The summed E-state index contributed by atoms with van der Waals surface area (Å²) in [5, 5.41) is 10.9. The van der Waals surface area contributed by atoms with E-state index in [0.717, 1.165) is 0 Å². The third-order valence-corrected chi connectivity index (χ3v) is 2.70. The van der Waals surface area contributed by atoms with Gasteiger partial charge in [-0.1, -0.05) is 0 Å². The number of carbonyl (C=O) groups excluding carboxylic acids is 1. The molecule has 1 amide bonds. The standard InChI is InChI=1S/C12H13N7O/c1-8(2)18-7-4-9(16-18)14-11(20)10-15-12-13-5-3-6-19(12)17-10/h3-8H,1-2H3,(H,14,16,20). The second kappa shape index (κ2) is 4.72. The summed E-state index contributed by atoms with van der Waals surface area (Å²) in [6, 6.07) is 3.68. The Bertz CT molecular complexity index is 725. The molecule has 20 heavy (non-hydrogen) atoms. The Balaban J connectivity index is 1.81. The minimum absolute atomic E-state index is 0.0581. The van der Waals surface area contributed by atoms with E-state index in [9.17, 15) is 4.79 Å². The summed E-state index contributed by atoms with van der Waals surface area (Å²) < 4.78 is 3.20. The average Bonchev–Trinajstić information content (AvgIpc) is 3.04. The molecule has 0 bridgehead atoms. The Morgan fingerprint density at radius 1 is 1.30 bits per heavy atom.